The Hall–Kier alpha value is -1.31. The molecular formula is C26H32F10O4. The number of fused-ring (bicyclic) bond motifs is 2. The molecule has 6 fully saturated rings. The molecular weight excluding hydrogens is 566 g/mol. The van der Waals surface area contributed by atoms with Crippen LogP contribution in [0.15, 0.2) is 0 Å². The third-order valence-corrected chi connectivity index (χ3v) is 10.4. The van der Waals surface area contributed by atoms with E-state index in [1.165, 1.54) is 0 Å². The number of hydrogen-bond donors (Lipinski definition) is 0. The molecule has 0 aromatic rings. The normalized spacial score (nSPS) is 39.0. The molecule has 40 heavy (non-hydrogen) atoms. The molecule has 6 aliphatic carbocycles. The Balaban J connectivity index is 1.31. The first-order valence-electron chi connectivity index (χ1n) is 13.6. The SMILES string of the molecule is CC(CF)(C(=O)OC1CC2CC1CC2C(OCOC12CC3CC(CC(C3)C1)C2)(C(F)(F)F)C(F)(F)F)C(F)(F)F. The molecule has 0 amide bonds. The first kappa shape index (κ1) is 30.2. The number of carbonyl (C=O) groups is 1. The van der Waals surface area contributed by atoms with Crippen LogP contribution in [0.2, 0.25) is 0 Å². The lowest BCUT2D eigenvalue weighted by Crippen LogP contribution is -2.65. The Kier molecular flexibility index (Phi) is 7.24. The molecule has 0 heterocycles. The second kappa shape index (κ2) is 9.60. The number of rotatable bonds is 8. The highest BCUT2D eigenvalue weighted by Gasteiger charge is 2.78. The maximum absolute atomic E-state index is 14.4. The maximum atomic E-state index is 14.4. The van der Waals surface area contributed by atoms with Gasteiger partial charge in [-0.15, -0.1) is 0 Å². The molecule has 6 rings (SSSR count). The molecule has 6 saturated carbocycles. The van der Waals surface area contributed by atoms with Gasteiger partial charge in [0.05, 0.1) is 5.60 Å². The van der Waals surface area contributed by atoms with Crippen molar-refractivity contribution in [3.8, 4) is 0 Å². The standard InChI is InChI=1S/C26H32F10O4/c1-21(11-27,24(28,29)30)20(37)40-19-7-16-5-17(19)6-18(16)23(25(31,32)33,26(34,35)36)39-12-38-22-8-13-2-14(9-22)4-15(3-13)10-22/h13-19H,2-12H2,1H3. The van der Waals surface area contributed by atoms with E-state index in [0.29, 0.717) is 43.9 Å². The second-order valence-corrected chi connectivity index (χ2v) is 13.0. The van der Waals surface area contributed by atoms with Crippen molar-refractivity contribution >= 4 is 5.97 Å². The van der Waals surface area contributed by atoms with Gasteiger partial charge in [-0.3, -0.25) is 4.79 Å². The van der Waals surface area contributed by atoms with E-state index in [4.69, 9.17) is 14.2 Å². The highest BCUT2D eigenvalue weighted by Crippen LogP contribution is 2.63. The summed E-state index contributed by atoms with van der Waals surface area (Å²) in [6.45, 7) is -3.03. The van der Waals surface area contributed by atoms with Gasteiger partial charge in [-0.1, -0.05) is 0 Å². The molecule has 0 aromatic carbocycles. The van der Waals surface area contributed by atoms with Crippen molar-refractivity contribution in [2.45, 2.75) is 101 Å². The second-order valence-electron chi connectivity index (χ2n) is 13.0. The molecule has 0 saturated heterocycles. The molecule has 14 heteroatoms. The van der Waals surface area contributed by atoms with Gasteiger partial charge in [-0.25, -0.2) is 4.39 Å². The third-order valence-electron chi connectivity index (χ3n) is 10.4. The van der Waals surface area contributed by atoms with Crippen molar-refractivity contribution in [1.82, 2.24) is 0 Å². The van der Waals surface area contributed by atoms with Crippen LogP contribution in [0.4, 0.5) is 43.9 Å². The van der Waals surface area contributed by atoms with E-state index in [-0.39, 0.29) is 6.42 Å². The maximum Gasteiger partial charge on any atom is 0.426 e. The van der Waals surface area contributed by atoms with Crippen LogP contribution in [0.25, 0.3) is 0 Å². The highest BCUT2D eigenvalue weighted by atomic mass is 19.4. The Morgan fingerprint density at radius 1 is 0.750 bits per heavy atom. The molecule has 0 aliphatic heterocycles. The van der Waals surface area contributed by atoms with E-state index < -0.39 is 91.3 Å². The number of hydrogen-bond acceptors (Lipinski definition) is 4. The number of halogens is 10. The number of alkyl halides is 10. The van der Waals surface area contributed by atoms with E-state index in [2.05, 4.69) is 0 Å². The van der Waals surface area contributed by atoms with Gasteiger partial charge in [0.1, 0.15) is 19.6 Å². The van der Waals surface area contributed by atoms with Crippen LogP contribution in [0.3, 0.4) is 0 Å². The molecule has 5 unspecified atom stereocenters. The fourth-order valence-corrected chi connectivity index (χ4v) is 8.69. The average Bonchev–Trinajstić information content (AvgIpc) is 3.38. The first-order chi connectivity index (χ1) is 18.3. The fraction of sp³-hybridized carbons (Fsp3) is 0.962. The largest absolute Gasteiger partial charge is 0.461 e. The molecule has 230 valence electrons. The van der Waals surface area contributed by atoms with Gasteiger partial charge < -0.3 is 14.2 Å². The van der Waals surface area contributed by atoms with E-state index in [1.807, 2.05) is 0 Å². The summed E-state index contributed by atoms with van der Waals surface area (Å²) in [7, 11) is 0. The molecule has 6 aliphatic rings. The van der Waals surface area contributed by atoms with Gasteiger partial charge in [0, 0.05) is 5.92 Å². The lowest BCUT2D eigenvalue weighted by atomic mass is 9.54. The number of ether oxygens (including phenoxy) is 3. The van der Waals surface area contributed by atoms with Crippen molar-refractivity contribution in [2.24, 2.45) is 40.9 Å². The van der Waals surface area contributed by atoms with Gasteiger partial charge in [0.15, 0.2) is 5.41 Å². The van der Waals surface area contributed by atoms with Crippen LogP contribution < -0.4 is 0 Å². The summed E-state index contributed by atoms with van der Waals surface area (Å²) < 4.78 is 155. The predicted molar refractivity (Wildman–Crippen MR) is 117 cm³/mol. The summed E-state index contributed by atoms with van der Waals surface area (Å²) in [6.07, 6.45) is -15.2. The van der Waals surface area contributed by atoms with Gasteiger partial charge in [0.2, 0.25) is 0 Å². The minimum absolute atomic E-state index is 0.228. The van der Waals surface area contributed by atoms with Crippen LogP contribution in [-0.4, -0.2) is 55.3 Å². The molecule has 4 nitrogen and oxygen atoms in total. The zero-order chi connectivity index (χ0) is 29.5. The smallest absolute Gasteiger partial charge is 0.426 e. The lowest BCUT2D eigenvalue weighted by molar-refractivity contribution is -0.419. The molecule has 6 bridgehead atoms. The van der Waals surface area contributed by atoms with Gasteiger partial charge >= 0.3 is 24.5 Å². The molecule has 5 atom stereocenters. The minimum Gasteiger partial charge on any atom is -0.461 e. The summed E-state index contributed by atoms with van der Waals surface area (Å²) in [5.74, 6) is -5.41. The van der Waals surface area contributed by atoms with Crippen molar-refractivity contribution in [2.75, 3.05) is 13.5 Å². The van der Waals surface area contributed by atoms with E-state index in [1.54, 1.807) is 0 Å². The first-order valence-corrected chi connectivity index (χ1v) is 13.6. The third kappa shape index (κ3) is 4.70. The molecule has 0 spiro atoms. The van der Waals surface area contributed by atoms with E-state index >= 15 is 0 Å². The Labute approximate surface area is 224 Å². The zero-order valence-corrected chi connectivity index (χ0v) is 21.7. The van der Waals surface area contributed by atoms with Crippen molar-refractivity contribution in [1.29, 1.82) is 0 Å². The highest BCUT2D eigenvalue weighted by molar-refractivity contribution is 5.77. The summed E-state index contributed by atoms with van der Waals surface area (Å²) in [5.41, 5.74) is -8.85. The number of esters is 1. The van der Waals surface area contributed by atoms with Crippen LogP contribution in [0, 0.1) is 40.9 Å². The van der Waals surface area contributed by atoms with Crippen LogP contribution in [0.1, 0.15) is 64.7 Å². The number of carbonyl (C=O) groups excluding carboxylic acids is 1. The topological polar surface area (TPSA) is 44.8 Å². The predicted octanol–water partition coefficient (Wildman–Crippen LogP) is 7.31. The zero-order valence-electron chi connectivity index (χ0n) is 21.7. The van der Waals surface area contributed by atoms with E-state index in [9.17, 15) is 48.7 Å². The van der Waals surface area contributed by atoms with Crippen molar-refractivity contribution in [3.63, 3.8) is 0 Å². The van der Waals surface area contributed by atoms with Crippen LogP contribution >= 0.6 is 0 Å². The fourth-order valence-electron chi connectivity index (χ4n) is 8.69. The summed E-state index contributed by atoms with van der Waals surface area (Å²) >= 11 is 0. The lowest BCUT2D eigenvalue weighted by Gasteiger charge is -2.56. The minimum atomic E-state index is -5.87. The van der Waals surface area contributed by atoms with Crippen LogP contribution in [0.5, 0.6) is 0 Å². The molecule has 0 aromatic heterocycles. The Morgan fingerprint density at radius 3 is 1.68 bits per heavy atom. The quantitative estimate of drug-likeness (QED) is 0.167. The van der Waals surface area contributed by atoms with Crippen LogP contribution in [-0.2, 0) is 19.0 Å². The molecule has 0 radical (unpaired) electrons. The Bertz CT molecular complexity index is 927. The summed E-state index contributed by atoms with van der Waals surface area (Å²) in [5, 5.41) is 0. The Morgan fingerprint density at radius 2 is 1.27 bits per heavy atom. The van der Waals surface area contributed by atoms with Gasteiger partial charge in [-0.2, -0.15) is 39.5 Å². The van der Waals surface area contributed by atoms with Crippen molar-refractivity contribution in [3.05, 3.63) is 0 Å². The molecule has 0 N–H and O–H groups in total. The summed E-state index contributed by atoms with van der Waals surface area (Å²) in [6, 6.07) is 0. The van der Waals surface area contributed by atoms with E-state index in [0.717, 1.165) is 19.3 Å². The van der Waals surface area contributed by atoms with Gasteiger partial charge in [-0.05, 0) is 94.3 Å². The summed E-state index contributed by atoms with van der Waals surface area (Å²) in [4.78, 5) is 12.2. The average molecular weight is 599 g/mol. The van der Waals surface area contributed by atoms with Gasteiger partial charge in [0.25, 0.3) is 5.60 Å². The monoisotopic (exact) mass is 598 g/mol. The van der Waals surface area contributed by atoms with Crippen molar-refractivity contribution < 1.29 is 62.9 Å².